The second-order valence-electron chi connectivity index (χ2n) is 7.83. The first kappa shape index (κ1) is 20.3. The van der Waals surface area contributed by atoms with Crippen molar-refractivity contribution in [3.63, 3.8) is 0 Å². The van der Waals surface area contributed by atoms with Crippen molar-refractivity contribution in [1.29, 1.82) is 0 Å². The SMILES string of the molecule is Cc1cc(OCCCCN2CCN(c3cnccn3)CC2)c2c(C)cc(=O)oc2c1. The molecule has 0 saturated carbocycles. The van der Waals surface area contributed by atoms with E-state index in [2.05, 4.69) is 19.8 Å². The minimum absolute atomic E-state index is 0.323. The molecule has 158 valence electrons. The molecule has 0 spiro atoms. The zero-order valence-electron chi connectivity index (χ0n) is 17.6. The third-order valence-electron chi connectivity index (χ3n) is 5.52. The monoisotopic (exact) mass is 408 g/mol. The number of benzene rings is 1. The number of piperazine rings is 1. The Bertz CT molecular complexity index is 1040. The average Bonchev–Trinajstić information content (AvgIpc) is 2.73. The molecule has 1 aliphatic rings. The first-order chi connectivity index (χ1) is 14.6. The van der Waals surface area contributed by atoms with Crippen molar-refractivity contribution in [3.8, 4) is 5.75 Å². The Balaban J connectivity index is 1.24. The van der Waals surface area contributed by atoms with Gasteiger partial charge >= 0.3 is 5.63 Å². The summed E-state index contributed by atoms with van der Waals surface area (Å²) in [4.78, 5) is 25.0. The molecule has 30 heavy (non-hydrogen) atoms. The summed E-state index contributed by atoms with van der Waals surface area (Å²) in [6.07, 6.45) is 7.35. The molecule has 2 aromatic heterocycles. The van der Waals surface area contributed by atoms with Crippen molar-refractivity contribution in [3.05, 3.63) is 58.3 Å². The van der Waals surface area contributed by atoms with Crippen molar-refractivity contribution < 1.29 is 9.15 Å². The van der Waals surface area contributed by atoms with Crippen LogP contribution in [0.1, 0.15) is 24.0 Å². The number of hydrogen-bond acceptors (Lipinski definition) is 7. The molecule has 1 aromatic carbocycles. The Morgan fingerprint density at radius 2 is 1.90 bits per heavy atom. The van der Waals surface area contributed by atoms with Crippen LogP contribution in [0.2, 0.25) is 0 Å². The number of aryl methyl sites for hydroxylation is 2. The summed E-state index contributed by atoms with van der Waals surface area (Å²) in [6.45, 7) is 9.66. The van der Waals surface area contributed by atoms with Gasteiger partial charge in [0.1, 0.15) is 17.2 Å². The maximum absolute atomic E-state index is 11.7. The summed E-state index contributed by atoms with van der Waals surface area (Å²) >= 11 is 0. The van der Waals surface area contributed by atoms with Gasteiger partial charge in [-0.3, -0.25) is 9.88 Å². The van der Waals surface area contributed by atoms with Gasteiger partial charge in [0, 0.05) is 44.6 Å². The summed E-state index contributed by atoms with van der Waals surface area (Å²) in [5.74, 6) is 1.76. The van der Waals surface area contributed by atoms with Crippen LogP contribution < -0.4 is 15.3 Å². The van der Waals surface area contributed by atoms with Crippen molar-refractivity contribution >= 4 is 16.8 Å². The lowest BCUT2D eigenvalue weighted by Gasteiger charge is -2.35. The maximum atomic E-state index is 11.7. The van der Waals surface area contributed by atoms with Gasteiger partial charge in [0.15, 0.2) is 0 Å². The number of ether oxygens (including phenoxy) is 1. The lowest BCUT2D eigenvalue weighted by molar-refractivity contribution is 0.238. The number of anilines is 1. The molecule has 0 aliphatic carbocycles. The van der Waals surface area contributed by atoms with Crippen LogP contribution in [0.3, 0.4) is 0 Å². The fourth-order valence-electron chi connectivity index (χ4n) is 3.97. The summed E-state index contributed by atoms with van der Waals surface area (Å²) in [7, 11) is 0. The Morgan fingerprint density at radius 1 is 1.07 bits per heavy atom. The summed E-state index contributed by atoms with van der Waals surface area (Å²) < 4.78 is 11.4. The second kappa shape index (κ2) is 9.26. The van der Waals surface area contributed by atoms with E-state index >= 15 is 0 Å². The zero-order chi connectivity index (χ0) is 20.9. The van der Waals surface area contributed by atoms with Gasteiger partial charge in [0.2, 0.25) is 0 Å². The number of hydrogen-bond donors (Lipinski definition) is 0. The molecule has 1 aliphatic heterocycles. The van der Waals surface area contributed by atoms with E-state index in [1.54, 1.807) is 12.4 Å². The van der Waals surface area contributed by atoms with Crippen molar-refractivity contribution in [2.45, 2.75) is 26.7 Å². The van der Waals surface area contributed by atoms with Gasteiger partial charge in [0.05, 0.1) is 18.2 Å². The molecule has 7 heteroatoms. The lowest BCUT2D eigenvalue weighted by Crippen LogP contribution is -2.47. The highest BCUT2D eigenvalue weighted by atomic mass is 16.5. The highest BCUT2D eigenvalue weighted by Gasteiger charge is 2.17. The topological polar surface area (TPSA) is 71.7 Å². The van der Waals surface area contributed by atoms with Gasteiger partial charge in [-0.25, -0.2) is 9.78 Å². The number of nitrogens with zero attached hydrogens (tertiary/aromatic N) is 4. The zero-order valence-corrected chi connectivity index (χ0v) is 17.6. The number of rotatable bonds is 7. The van der Waals surface area contributed by atoms with Crippen LogP contribution in [-0.2, 0) is 0 Å². The van der Waals surface area contributed by atoms with Crippen LogP contribution in [0.4, 0.5) is 5.82 Å². The van der Waals surface area contributed by atoms with Gasteiger partial charge < -0.3 is 14.1 Å². The van der Waals surface area contributed by atoms with Crippen LogP contribution in [0.5, 0.6) is 5.75 Å². The van der Waals surface area contributed by atoms with E-state index in [0.717, 1.165) is 73.6 Å². The number of fused-ring (bicyclic) bond motifs is 1. The van der Waals surface area contributed by atoms with Crippen molar-refractivity contribution in [1.82, 2.24) is 14.9 Å². The maximum Gasteiger partial charge on any atom is 0.336 e. The molecule has 0 amide bonds. The highest BCUT2D eigenvalue weighted by Crippen LogP contribution is 2.29. The molecule has 0 unspecified atom stereocenters. The number of unbranched alkanes of at least 4 members (excludes halogenated alkanes) is 1. The summed E-state index contributed by atoms with van der Waals surface area (Å²) in [6, 6.07) is 5.42. The third kappa shape index (κ3) is 4.79. The van der Waals surface area contributed by atoms with Gasteiger partial charge in [-0.05, 0) is 56.5 Å². The third-order valence-corrected chi connectivity index (χ3v) is 5.52. The van der Waals surface area contributed by atoms with Crippen LogP contribution in [0.15, 0.2) is 46.0 Å². The Morgan fingerprint density at radius 3 is 2.67 bits per heavy atom. The Hall–Kier alpha value is -2.93. The predicted octanol–water partition coefficient (Wildman–Crippen LogP) is 3.18. The highest BCUT2D eigenvalue weighted by molar-refractivity contribution is 5.87. The fourth-order valence-corrected chi connectivity index (χ4v) is 3.97. The molecule has 0 atom stereocenters. The molecule has 0 bridgehead atoms. The lowest BCUT2D eigenvalue weighted by atomic mass is 10.1. The molecule has 1 saturated heterocycles. The summed E-state index contributed by atoms with van der Waals surface area (Å²) in [5.41, 5.74) is 2.18. The van der Waals surface area contributed by atoms with Gasteiger partial charge in [0.25, 0.3) is 0 Å². The van der Waals surface area contributed by atoms with E-state index in [9.17, 15) is 4.79 Å². The first-order valence-electron chi connectivity index (χ1n) is 10.5. The molecular weight excluding hydrogens is 380 g/mol. The molecule has 1 fully saturated rings. The van der Waals surface area contributed by atoms with E-state index < -0.39 is 0 Å². The molecule has 3 heterocycles. The molecule has 4 rings (SSSR count). The fraction of sp³-hybridized carbons (Fsp3) is 0.435. The van der Waals surface area contributed by atoms with Crippen LogP contribution >= 0.6 is 0 Å². The molecule has 0 radical (unpaired) electrons. The normalized spacial score (nSPS) is 14.9. The van der Waals surface area contributed by atoms with E-state index in [1.165, 1.54) is 6.07 Å². The standard InChI is InChI=1S/C23H28N4O3/c1-17-13-19(23-18(2)15-22(28)30-20(23)14-17)29-12-4-3-7-26-8-10-27(11-9-26)21-16-24-5-6-25-21/h5-6,13-16H,3-4,7-12H2,1-2H3. The van der Waals surface area contributed by atoms with Crippen molar-refractivity contribution in [2.75, 3.05) is 44.2 Å². The molecule has 3 aromatic rings. The second-order valence-corrected chi connectivity index (χ2v) is 7.83. The van der Waals surface area contributed by atoms with Crippen LogP contribution in [0.25, 0.3) is 11.0 Å². The van der Waals surface area contributed by atoms with E-state index in [4.69, 9.17) is 9.15 Å². The average molecular weight is 409 g/mol. The molecule has 7 nitrogen and oxygen atoms in total. The van der Waals surface area contributed by atoms with Crippen molar-refractivity contribution in [2.24, 2.45) is 0 Å². The van der Waals surface area contributed by atoms with Gasteiger partial charge in [-0.15, -0.1) is 0 Å². The molecule has 0 N–H and O–H groups in total. The van der Waals surface area contributed by atoms with Gasteiger partial charge in [-0.1, -0.05) is 0 Å². The summed E-state index contributed by atoms with van der Waals surface area (Å²) in [5, 5.41) is 0.889. The quantitative estimate of drug-likeness (QED) is 0.439. The van der Waals surface area contributed by atoms with Crippen LogP contribution in [0, 0.1) is 13.8 Å². The minimum Gasteiger partial charge on any atom is -0.493 e. The Kier molecular flexibility index (Phi) is 6.28. The van der Waals surface area contributed by atoms with E-state index in [-0.39, 0.29) is 5.63 Å². The largest absolute Gasteiger partial charge is 0.493 e. The predicted molar refractivity (Wildman–Crippen MR) is 117 cm³/mol. The Labute approximate surface area is 176 Å². The van der Waals surface area contributed by atoms with Gasteiger partial charge in [-0.2, -0.15) is 0 Å². The number of aromatic nitrogens is 2. The minimum atomic E-state index is -0.323. The smallest absolute Gasteiger partial charge is 0.336 e. The van der Waals surface area contributed by atoms with E-state index in [0.29, 0.717) is 12.2 Å². The van der Waals surface area contributed by atoms with Crippen LogP contribution in [-0.4, -0.2) is 54.2 Å². The molecular formula is C23H28N4O3. The first-order valence-corrected chi connectivity index (χ1v) is 10.5. The van der Waals surface area contributed by atoms with E-state index in [1.807, 2.05) is 32.2 Å².